The summed E-state index contributed by atoms with van der Waals surface area (Å²) in [5.74, 6) is 0. The zero-order valence-electron chi connectivity index (χ0n) is 15.4. The minimum atomic E-state index is 0.728. The second-order valence-corrected chi connectivity index (χ2v) is 8.41. The Hall–Kier alpha value is -2.56. The summed E-state index contributed by atoms with van der Waals surface area (Å²) < 4.78 is 2.01. The molecule has 5 heteroatoms. The first-order valence-corrected chi connectivity index (χ1v) is 10.8. The van der Waals surface area contributed by atoms with E-state index in [4.69, 9.17) is 16.7 Å². The van der Waals surface area contributed by atoms with Gasteiger partial charge in [0.05, 0.1) is 22.0 Å². The lowest BCUT2D eigenvalue weighted by Gasteiger charge is -2.17. The number of hydrogen-bond donors (Lipinski definition) is 0. The Morgan fingerprint density at radius 1 is 0.857 bits per heavy atom. The monoisotopic (exact) mass is 405 g/mol. The van der Waals surface area contributed by atoms with Gasteiger partial charge in [0.25, 0.3) is 0 Å². The Kier molecular flexibility index (Phi) is 4.67. The van der Waals surface area contributed by atoms with Crippen LogP contribution in [0.4, 0.5) is 5.69 Å². The van der Waals surface area contributed by atoms with Crippen LogP contribution in [0.15, 0.2) is 72.1 Å². The van der Waals surface area contributed by atoms with Crippen LogP contribution in [0.5, 0.6) is 0 Å². The summed E-state index contributed by atoms with van der Waals surface area (Å²) in [7, 11) is 0. The fraction of sp³-hybridized carbons (Fsp3) is 0.174. The predicted octanol–water partition coefficient (Wildman–Crippen LogP) is 6.52. The third-order valence-electron chi connectivity index (χ3n) is 5.19. The van der Waals surface area contributed by atoms with Gasteiger partial charge in [0.1, 0.15) is 0 Å². The third-order valence-corrected chi connectivity index (χ3v) is 6.33. The summed E-state index contributed by atoms with van der Waals surface area (Å²) in [4.78, 5) is 3.65. The van der Waals surface area contributed by atoms with Crippen molar-refractivity contribution in [1.29, 1.82) is 0 Å². The number of benzene rings is 2. The molecule has 28 heavy (non-hydrogen) atoms. The molecule has 0 amide bonds. The molecular formula is C23H20ClN3S. The molecular weight excluding hydrogens is 386 g/mol. The molecule has 0 aliphatic carbocycles. The highest BCUT2D eigenvalue weighted by atomic mass is 35.5. The van der Waals surface area contributed by atoms with Gasteiger partial charge in [-0.15, -0.1) is 11.3 Å². The highest BCUT2D eigenvalue weighted by Crippen LogP contribution is 2.32. The fourth-order valence-electron chi connectivity index (χ4n) is 3.72. The molecule has 3 nitrogen and oxygen atoms in total. The number of thiophene rings is 1. The summed E-state index contributed by atoms with van der Waals surface area (Å²) in [5.41, 5.74) is 5.51. The molecule has 3 heterocycles. The number of anilines is 1. The molecule has 4 aromatic rings. The van der Waals surface area contributed by atoms with Crippen molar-refractivity contribution in [3.8, 4) is 27.5 Å². The van der Waals surface area contributed by atoms with Crippen molar-refractivity contribution in [3.63, 3.8) is 0 Å². The van der Waals surface area contributed by atoms with Gasteiger partial charge in [-0.25, -0.2) is 4.68 Å². The molecule has 2 aromatic heterocycles. The normalized spacial score (nSPS) is 14.0. The van der Waals surface area contributed by atoms with E-state index in [0.717, 1.165) is 40.8 Å². The SMILES string of the molecule is Clc1ccc(-n2nc(-c3ccc(N4CCCC4)cc3)cc2-c2cccs2)cc1. The van der Waals surface area contributed by atoms with Crippen LogP contribution in [0.3, 0.4) is 0 Å². The quantitative estimate of drug-likeness (QED) is 0.385. The molecule has 0 radical (unpaired) electrons. The van der Waals surface area contributed by atoms with E-state index in [1.807, 2.05) is 28.9 Å². The van der Waals surface area contributed by atoms with Crippen LogP contribution in [0.1, 0.15) is 12.8 Å². The minimum Gasteiger partial charge on any atom is -0.372 e. The number of rotatable bonds is 4. The Labute approximate surface area is 173 Å². The largest absolute Gasteiger partial charge is 0.372 e. The van der Waals surface area contributed by atoms with Gasteiger partial charge in [-0.2, -0.15) is 5.10 Å². The maximum absolute atomic E-state index is 6.08. The lowest BCUT2D eigenvalue weighted by molar-refractivity contribution is 0.893. The van der Waals surface area contributed by atoms with Gasteiger partial charge in [-0.05, 0) is 66.8 Å². The second-order valence-electron chi connectivity index (χ2n) is 7.02. The van der Waals surface area contributed by atoms with Gasteiger partial charge in [0.2, 0.25) is 0 Å². The van der Waals surface area contributed by atoms with Gasteiger partial charge in [0.15, 0.2) is 0 Å². The maximum Gasteiger partial charge on any atom is 0.0934 e. The van der Waals surface area contributed by atoms with Crippen LogP contribution in [-0.4, -0.2) is 22.9 Å². The topological polar surface area (TPSA) is 21.1 Å². The van der Waals surface area contributed by atoms with E-state index < -0.39 is 0 Å². The lowest BCUT2D eigenvalue weighted by Crippen LogP contribution is -2.17. The summed E-state index contributed by atoms with van der Waals surface area (Å²) in [5, 5.41) is 7.75. The molecule has 0 unspecified atom stereocenters. The van der Waals surface area contributed by atoms with E-state index in [1.54, 1.807) is 11.3 Å². The zero-order valence-corrected chi connectivity index (χ0v) is 17.0. The molecule has 1 fully saturated rings. The first-order chi connectivity index (χ1) is 13.8. The maximum atomic E-state index is 6.08. The van der Waals surface area contributed by atoms with Crippen LogP contribution in [-0.2, 0) is 0 Å². The summed E-state index contributed by atoms with van der Waals surface area (Å²) in [6, 6.07) is 23.0. The first kappa shape index (κ1) is 17.5. The fourth-order valence-corrected chi connectivity index (χ4v) is 4.57. The van der Waals surface area contributed by atoms with Gasteiger partial charge >= 0.3 is 0 Å². The molecule has 0 N–H and O–H groups in total. The van der Waals surface area contributed by atoms with Crippen molar-refractivity contribution in [2.75, 3.05) is 18.0 Å². The van der Waals surface area contributed by atoms with Crippen LogP contribution >= 0.6 is 22.9 Å². The molecule has 0 atom stereocenters. The first-order valence-electron chi connectivity index (χ1n) is 9.53. The Morgan fingerprint density at radius 3 is 2.25 bits per heavy atom. The molecule has 140 valence electrons. The van der Waals surface area contributed by atoms with Crippen molar-refractivity contribution in [2.45, 2.75) is 12.8 Å². The van der Waals surface area contributed by atoms with Crippen molar-refractivity contribution in [2.24, 2.45) is 0 Å². The van der Waals surface area contributed by atoms with E-state index >= 15 is 0 Å². The van der Waals surface area contributed by atoms with Crippen LogP contribution in [0.25, 0.3) is 27.5 Å². The van der Waals surface area contributed by atoms with Crippen molar-refractivity contribution >= 4 is 28.6 Å². The van der Waals surface area contributed by atoms with Crippen LogP contribution < -0.4 is 4.90 Å². The van der Waals surface area contributed by atoms with Gasteiger partial charge in [-0.1, -0.05) is 29.8 Å². The van der Waals surface area contributed by atoms with E-state index in [9.17, 15) is 0 Å². The Morgan fingerprint density at radius 2 is 1.57 bits per heavy atom. The van der Waals surface area contributed by atoms with E-state index in [0.29, 0.717) is 0 Å². The molecule has 0 saturated carbocycles. The highest BCUT2D eigenvalue weighted by Gasteiger charge is 2.15. The molecule has 1 saturated heterocycles. The van der Waals surface area contributed by atoms with Crippen molar-refractivity contribution in [3.05, 3.63) is 77.1 Å². The van der Waals surface area contributed by atoms with Crippen LogP contribution in [0, 0.1) is 0 Å². The number of halogens is 1. The zero-order chi connectivity index (χ0) is 18.9. The summed E-state index contributed by atoms with van der Waals surface area (Å²) in [6.07, 6.45) is 2.58. The average molecular weight is 406 g/mol. The van der Waals surface area contributed by atoms with Crippen molar-refractivity contribution in [1.82, 2.24) is 9.78 Å². The van der Waals surface area contributed by atoms with Gasteiger partial charge in [-0.3, -0.25) is 0 Å². The molecule has 0 spiro atoms. The summed E-state index contributed by atoms with van der Waals surface area (Å²) >= 11 is 7.80. The Balaban J connectivity index is 1.55. The highest BCUT2D eigenvalue weighted by molar-refractivity contribution is 7.13. The molecule has 0 bridgehead atoms. The minimum absolute atomic E-state index is 0.728. The van der Waals surface area contributed by atoms with Crippen molar-refractivity contribution < 1.29 is 0 Å². The van der Waals surface area contributed by atoms with Crippen LogP contribution in [0.2, 0.25) is 5.02 Å². The Bertz CT molecular complexity index is 1060. The van der Waals surface area contributed by atoms with E-state index in [2.05, 4.69) is 52.7 Å². The van der Waals surface area contributed by atoms with Gasteiger partial charge < -0.3 is 4.90 Å². The lowest BCUT2D eigenvalue weighted by atomic mass is 10.1. The van der Waals surface area contributed by atoms with Gasteiger partial charge in [0, 0.05) is 29.4 Å². The standard InChI is InChI=1S/C23H20ClN3S/c24-18-7-11-20(12-8-18)27-22(23-4-3-15-28-23)16-21(25-27)17-5-9-19(10-6-17)26-13-1-2-14-26/h3-12,15-16H,1-2,13-14H2. The van der Waals surface area contributed by atoms with E-state index in [1.165, 1.54) is 23.4 Å². The predicted molar refractivity (Wildman–Crippen MR) is 119 cm³/mol. The number of nitrogens with zero attached hydrogens (tertiary/aromatic N) is 3. The number of hydrogen-bond acceptors (Lipinski definition) is 3. The smallest absolute Gasteiger partial charge is 0.0934 e. The molecule has 5 rings (SSSR count). The average Bonchev–Trinajstić information content (AvgIpc) is 3.49. The van der Waals surface area contributed by atoms with E-state index in [-0.39, 0.29) is 0 Å². The third kappa shape index (κ3) is 3.34. The summed E-state index contributed by atoms with van der Waals surface area (Å²) in [6.45, 7) is 2.32. The second kappa shape index (κ2) is 7.46. The number of aromatic nitrogens is 2. The molecule has 1 aliphatic heterocycles. The molecule has 1 aliphatic rings. The molecule has 2 aromatic carbocycles.